The van der Waals surface area contributed by atoms with Crippen molar-refractivity contribution in [3.05, 3.63) is 52.8 Å². The summed E-state index contributed by atoms with van der Waals surface area (Å²) in [5, 5.41) is 24.6. The van der Waals surface area contributed by atoms with E-state index in [4.69, 9.17) is 9.47 Å². The SMILES string of the molecule is CCOCCOc1cc2ncnc(Nc3cccc(O)c3)c2cc1[N+](=O)[O-]. The molecule has 1 aromatic heterocycles. The number of hydrogen-bond donors (Lipinski definition) is 2. The molecule has 27 heavy (non-hydrogen) atoms. The quantitative estimate of drug-likeness (QED) is 0.352. The maximum absolute atomic E-state index is 11.5. The largest absolute Gasteiger partial charge is 0.508 e. The lowest BCUT2D eigenvalue weighted by Crippen LogP contribution is -2.08. The van der Waals surface area contributed by atoms with Crippen LogP contribution in [0.4, 0.5) is 17.2 Å². The predicted octanol–water partition coefficient (Wildman–Crippen LogP) is 3.40. The zero-order valence-electron chi connectivity index (χ0n) is 14.6. The van der Waals surface area contributed by atoms with Crippen molar-refractivity contribution < 1.29 is 19.5 Å². The van der Waals surface area contributed by atoms with Crippen molar-refractivity contribution in [2.75, 3.05) is 25.1 Å². The smallest absolute Gasteiger partial charge is 0.311 e. The molecule has 2 aromatic carbocycles. The summed E-state index contributed by atoms with van der Waals surface area (Å²) in [6.45, 7) is 2.93. The van der Waals surface area contributed by atoms with Crippen LogP contribution in [0.15, 0.2) is 42.7 Å². The molecule has 0 aliphatic rings. The van der Waals surface area contributed by atoms with Gasteiger partial charge >= 0.3 is 5.69 Å². The van der Waals surface area contributed by atoms with Gasteiger partial charge in [-0.25, -0.2) is 9.97 Å². The van der Waals surface area contributed by atoms with Crippen LogP contribution in [0.5, 0.6) is 11.5 Å². The summed E-state index contributed by atoms with van der Waals surface area (Å²) in [4.78, 5) is 19.3. The second-order valence-corrected chi connectivity index (χ2v) is 5.54. The molecule has 0 saturated carbocycles. The minimum atomic E-state index is -0.513. The zero-order valence-corrected chi connectivity index (χ0v) is 14.6. The standard InChI is InChI=1S/C18H18N4O5/c1-2-26-6-7-27-17-10-15-14(9-16(17)22(24)25)18(20-11-19-15)21-12-4-3-5-13(23)8-12/h3-5,8-11,23H,2,6-7H2,1H3,(H,19,20,21). The molecule has 0 unspecified atom stereocenters. The van der Waals surface area contributed by atoms with Crippen LogP contribution in [-0.2, 0) is 4.74 Å². The van der Waals surface area contributed by atoms with Gasteiger partial charge in [-0.2, -0.15) is 0 Å². The van der Waals surface area contributed by atoms with Gasteiger partial charge in [0, 0.05) is 30.5 Å². The van der Waals surface area contributed by atoms with Gasteiger partial charge in [-0.15, -0.1) is 0 Å². The summed E-state index contributed by atoms with van der Waals surface area (Å²) in [6.07, 6.45) is 1.35. The molecule has 0 bridgehead atoms. The molecule has 9 nitrogen and oxygen atoms in total. The van der Waals surface area contributed by atoms with Crippen LogP contribution in [0.3, 0.4) is 0 Å². The number of benzene rings is 2. The Morgan fingerprint density at radius 3 is 2.81 bits per heavy atom. The third kappa shape index (κ3) is 4.39. The first kappa shape index (κ1) is 18.3. The minimum Gasteiger partial charge on any atom is -0.508 e. The van der Waals surface area contributed by atoms with Crippen molar-refractivity contribution in [1.29, 1.82) is 0 Å². The molecule has 140 valence electrons. The minimum absolute atomic E-state index is 0.0920. The first-order valence-electron chi connectivity index (χ1n) is 8.28. The lowest BCUT2D eigenvalue weighted by Gasteiger charge is -2.11. The number of nitrogens with zero attached hydrogens (tertiary/aromatic N) is 3. The monoisotopic (exact) mass is 370 g/mol. The summed E-state index contributed by atoms with van der Waals surface area (Å²) < 4.78 is 10.7. The lowest BCUT2D eigenvalue weighted by molar-refractivity contribution is -0.385. The van der Waals surface area contributed by atoms with E-state index in [2.05, 4.69) is 15.3 Å². The van der Waals surface area contributed by atoms with E-state index < -0.39 is 4.92 Å². The van der Waals surface area contributed by atoms with Crippen molar-refractivity contribution in [2.24, 2.45) is 0 Å². The van der Waals surface area contributed by atoms with Gasteiger partial charge in [0.2, 0.25) is 0 Å². The van der Waals surface area contributed by atoms with E-state index in [1.807, 2.05) is 6.92 Å². The maximum Gasteiger partial charge on any atom is 0.311 e. The Kier molecular flexibility index (Phi) is 5.62. The zero-order chi connectivity index (χ0) is 19.2. The number of ether oxygens (including phenoxy) is 2. The second kappa shape index (κ2) is 8.28. The second-order valence-electron chi connectivity index (χ2n) is 5.54. The summed E-state index contributed by atoms with van der Waals surface area (Å²) in [6, 6.07) is 9.36. The Balaban J connectivity index is 1.97. The van der Waals surface area contributed by atoms with Crippen molar-refractivity contribution in [2.45, 2.75) is 6.92 Å². The predicted molar refractivity (Wildman–Crippen MR) is 99.6 cm³/mol. The molecule has 3 aromatic rings. The molecule has 0 atom stereocenters. The number of aromatic hydroxyl groups is 1. The average Bonchev–Trinajstić information content (AvgIpc) is 2.65. The fraction of sp³-hybridized carbons (Fsp3) is 0.222. The first-order valence-corrected chi connectivity index (χ1v) is 8.28. The van der Waals surface area contributed by atoms with Crippen LogP contribution < -0.4 is 10.1 Å². The number of rotatable bonds is 8. The molecule has 0 aliphatic heterocycles. The van der Waals surface area contributed by atoms with E-state index in [-0.39, 0.29) is 23.8 Å². The molecule has 0 fully saturated rings. The number of nitro groups is 1. The Bertz CT molecular complexity index is 964. The van der Waals surface area contributed by atoms with Gasteiger partial charge in [0.25, 0.3) is 0 Å². The van der Waals surface area contributed by atoms with Crippen LogP contribution in [0.25, 0.3) is 10.9 Å². The van der Waals surface area contributed by atoms with Gasteiger partial charge in [0.05, 0.1) is 22.4 Å². The van der Waals surface area contributed by atoms with E-state index in [0.717, 1.165) is 0 Å². The molecule has 0 saturated heterocycles. The van der Waals surface area contributed by atoms with E-state index in [1.54, 1.807) is 18.2 Å². The summed E-state index contributed by atoms with van der Waals surface area (Å²) >= 11 is 0. The van der Waals surface area contributed by atoms with Crippen LogP contribution in [0.2, 0.25) is 0 Å². The maximum atomic E-state index is 11.5. The van der Waals surface area contributed by atoms with Crippen LogP contribution in [-0.4, -0.2) is 39.8 Å². The number of phenolic OH excluding ortho intramolecular Hbond substituents is 1. The molecule has 2 N–H and O–H groups in total. The van der Waals surface area contributed by atoms with Crippen molar-refractivity contribution >= 4 is 28.1 Å². The number of aromatic nitrogens is 2. The Hall–Kier alpha value is -3.46. The third-order valence-corrected chi connectivity index (χ3v) is 3.71. The highest BCUT2D eigenvalue weighted by molar-refractivity contribution is 5.93. The van der Waals surface area contributed by atoms with E-state index in [9.17, 15) is 15.2 Å². The fourth-order valence-electron chi connectivity index (χ4n) is 2.51. The number of nitrogens with one attached hydrogen (secondary N) is 1. The highest BCUT2D eigenvalue weighted by Crippen LogP contribution is 2.34. The van der Waals surface area contributed by atoms with Crippen molar-refractivity contribution in [3.8, 4) is 11.5 Å². The van der Waals surface area contributed by atoms with E-state index >= 15 is 0 Å². The third-order valence-electron chi connectivity index (χ3n) is 3.71. The number of hydrogen-bond acceptors (Lipinski definition) is 8. The molecule has 0 amide bonds. The topological polar surface area (TPSA) is 120 Å². The number of nitro benzene ring substituents is 1. The highest BCUT2D eigenvalue weighted by atomic mass is 16.6. The molecule has 3 rings (SSSR count). The van der Waals surface area contributed by atoms with Crippen LogP contribution in [0, 0.1) is 10.1 Å². The van der Waals surface area contributed by atoms with Gasteiger partial charge in [0.15, 0.2) is 5.75 Å². The lowest BCUT2D eigenvalue weighted by atomic mass is 10.2. The molecule has 0 spiro atoms. The van der Waals surface area contributed by atoms with Gasteiger partial charge in [0.1, 0.15) is 24.5 Å². The summed E-state index contributed by atoms with van der Waals surface area (Å²) in [5.41, 5.74) is 0.895. The normalized spacial score (nSPS) is 10.7. The van der Waals surface area contributed by atoms with Gasteiger partial charge < -0.3 is 19.9 Å². The van der Waals surface area contributed by atoms with E-state index in [1.165, 1.54) is 24.5 Å². The van der Waals surface area contributed by atoms with E-state index in [0.29, 0.717) is 35.6 Å². The van der Waals surface area contributed by atoms with Gasteiger partial charge in [-0.1, -0.05) is 6.07 Å². The van der Waals surface area contributed by atoms with Crippen molar-refractivity contribution in [1.82, 2.24) is 9.97 Å². The van der Waals surface area contributed by atoms with Crippen LogP contribution in [0.1, 0.15) is 6.92 Å². The molecule has 1 heterocycles. The summed E-state index contributed by atoms with van der Waals surface area (Å²) in [5.74, 6) is 0.595. The molecular formula is C18H18N4O5. The fourth-order valence-corrected chi connectivity index (χ4v) is 2.51. The molecule has 9 heteroatoms. The van der Waals surface area contributed by atoms with Gasteiger partial charge in [-0.05, 0) is 19.1 Å². The molecule has 0 radical (unpaired) electrons. The number of phenols is 1. The Morgan fingerprint density at radius 2 is 2.07 bits per heavy atom. The molecular weight excluding hydrogens is 352 g/mol. The molecule has 0 aliphatic carbocycles. The van der Waals surface area contributed by atoms with Crippen molar-refractivity contribution in [3.63, 3.8) is 0 Å². The Labute approximate surface area is 154 Å². The Morgan fingerprint density at radius 1 is 1.22 bits per heavy atom. The first-order chi connectivity index (χ1) is 13.1. The average molecular weight is 370 g/mol. The highest BCUT2D eigenvalue weighted by Gasteiger charge is 2.19. The van der Waals surface area contributed by atoms with Crippen LogP contribution >= 0.6 is 0 Å². The van der Waals surface area contributed by atoms with Gasteiger partial charge in [-0.3, -0.25) is 10.1 Å². The number of anilines is 2. The summed E-state index contributed by atoms with van der Waals surface area (Å²) in [7, 11) is 0. The number of fused-ring (bicyclic) bond motifs is 1.